The Morgan fingerprint density at radius 1 is 1.00 bits per heavy atom. The van der Waals surface area contributed by atoms with E-state index in [0.717, 1.165) is 30.1 Å². The molecule has 0 aromatic heterocycles. The zero-order valence-corrected chi connectivity index (χ0v) is 8.06. The van der Waals surface area contributed by atoms with Crippen molar-refractivity contribution in [3.63, 3.8) is 0 Å². The number of ether oxygens (including phenoxy) is 1. The van der Waals surface area contributed by atoms with E-state index in [-0.39, 0.29) is 5.56 Å². The molecule has 1 aromatic rings. The topological polar surface area (TPSA) is 9.23 Å². The molecular weight excluding hydrogens is 249 g/mol. The Labute approximate surface area is 92.4 Å². The van der Waals surface area contributed by atoms with Gasteiger partial charge in [-0.05, 0) is 24.3 Å². The zero-order valence-electron chi connectivity index (χ0n) is 8.06. The highest BCUT2D eigenvalue weighted by molar-refractivity contribution is 6.67. The summed E-state index contributed by atoms with van der Waals surface area (Å²) in [5.41, 5.74) is -0.0428. The number of hydrogen-bond donors (Lipinski definition) is 0. The van der Waals surface area contributed by atoms with Gasteiger partial charge in [-0.2, -0.15) is 5.82 Å². The number of benzene rings is 1. The maximum absolute atomic E-state index is 11.8. The smallest absolute Gasteiger partial charge is 0.438 e. The molecule has 1 nitrogen and oxygen atoms in total. The second-order valence-electron chi connectivity index (χ2n) is 2.92. The van der Waals surface area contributed by atoms with Crippen molar-refractivity contribution >= 4 is 6.98 Å². The SMILES string of the molecule is F[B-](F)(F)C#Cc1ccc(OC(F)(F)F)cc1. The number of rotatable bonds is 1. The third kappa shape index (κ3) is 5.75. The normalized spacial score (nSPS) is 11.6. The molecule has 0 fully saturated rings. The summed E-state index contributed by atoms with van der Waals surface area (Å²) in [6, 6.07) is 3.80. The Bertz CT molecular complexity index is 436. The molecule has 0 amide bonds. The Kier molecular flexibility index (Phi) is 3.61. The molecule has 1 aromatic carbocycles. The van der Waals surface area contributed by atoms with Gasteiger partial charge in [0, 0.05) is 5.56 Å². The van der Waals surface area contributed by atoms with Crippen molar-refractivity contribution in [3.8, 4) is 17.5 Å². The summed E-state index contributed by atoms with van der Waals surface area (Å²) in [5, 5.41) is 0. The molecule has 0 radical (unpaired) electrons. The van der Waals surface area contributed by atoms with Crippen LogP contribution in [0, 0.1) is 11.7 Å². The lowest BCUT2D eigenvalue weighted by molar-refractivity contribution is -0.274. The minimum atomic E-state index is -5.23. The van der Waals surface area contributed by atoms with Gasteiger partial charge in [-0.25, -0.2) is 0 Å². The van der Waals surface area contributed by atoms with Crippen molar-refractivity contribution in [1.82, 2.24) is 0 Å². The van der Waals surface area contributed by atoms with Crippen LogP contribution in [0.25, 0.3) is 0 Å². The summed E-state index contributed by atoms with van der Waals surface area (Å²) in [6.45, 7) is -5.23. The molecule has 0 saturated carbocycles. The Hall–Kier alpha value is -1.78. The predicted molar refractivity (Wildman–Crippen MR) is 49.1 cm³/mol. The van der Waals surface area contributed by atoms with E-state index in [4.69, 9.17) is 0 Å². The highest BCUT2D eigenvalue weighted by atomic mass is 19.4. The van der Waals surface area contributed by atoms with E-state index in [9.17, 15) is 26.1 Å². The van der Waals surface area contributed by atoms with E-state index in [1.165, 1.54) is 0 Å². The summed E-state index contributed by atoms with van der Waals surface area (Å²) in [7, 11) is 0. The summed E-state index contributed by atoms with van der Waals surface area (Å²) in [6.07, 6.45) is -4.83. The van der Waals surface area contributed by atoms with E-state index in [1.807, 2.05) is 0 Å². The average molecular weight is 253 g/mol. The molecule has 0 saturated heterocycles. The number of hydrogen-bond acceptors (Lipinski definition) is 1. The van der Waals surface area contributed by atoms with E-state index < -0.39 is 19.1 Å². The molecule has 0 atom stereocenters. The van der Waals surface area contributed by atoms with Crippen molar-refractivity contribution < 1.29 is 30.9 Å². The van der Waals surface area contributed by atoms with E-state index in [1.54, 1.807) is 5.92 Å². The Balaban J connectivity index is 2.78. The minimum Gasteiger partial charge on any atom is -0.438 e. The van der Waals surface area contributed by atoms with Crippen molar-refractivity contribution in [2.75, 3.05) is 0 Å². The van der Waals surface area contributed by atoms with Gasteiger partial charge in [0.05, 0.1) is 0 Å². The van der Waals surface area contributed by atoms with Crippen LogP contribution in [0.2, 0.25) is 0 Å². The third-order valence-corrected chi connectivity index (χ3v) is 1.47. The maximum atomic E-state index is 11.8. The fourth-order valence-corrected chi connectivity index (χ4v) is 0.905. The van der Waals surface area contributed by atoms with Gasteiger partial charge in [-0.3, -0.25) is 0 Å². The molecule has 0 bridgehead atoms. The zero-order chi connectivity index (χ0) is 13.1. The lowest BCUT2D eigenvalue weighted by atomic mass is 9.93. The predicted octanol–water partition coefficient (Wildman–Crippen LogP) is 3.32. The first-order chi connectivity index (χ1) is 7.66. The van der Waals surface area contributed by atoms with Crippen LogP contribution < -0.4 is 4.74 Å². The van der Waals surface area contributed by atoms with Gasteiger partial charge < -0.3 is 17.7 Å². The fraction of sp³-hybridized carbons (Fsp3) is 0.111. The molecule has 0 spiro atoms. The van der Waals surface area contributed by atoms with Gasteiger partial charge >= 0.3 is 13.3 Å². The molecule has 0 N–H and O–H groups in total. The molecule has 0 aliphatic heterocycles. The van der Waals surface area contributed by atoms with Gasteiger partial charge in [0.2, 0.25) is 0 Å². The first-order valence-electron chi connectivity index (χ1n) is 4.24. The molecule has 0 aliphatic carbocycles. The number of halogens is 6. The van der Waals surface area contributed by atoms with Crippen LogP contribution in [0.5, 0.6) is 5.75 Å². The molecule has 8 heteroatoms. The largest absolute Gasteiger partial charge is 0.573 e. The maximum Gasteiger partial charge on any atom is 0.573 e. The standard InChI is InChI=1S/C9H4BF6O/c11-9(12,13)17-8-3-1-7(2-4-8)5-6-10(14,15)16/h1-4H/q-1. The lowest BCUT2D eigenvalue weighted by Gasteiger charge is -2.08. The van der Waals surface area contributed by atoms with Crippen LogP contribution in [0.1, 0.15) is 5.56 Å². The van der Waals surface area contributed by atoms with Crippen molar-refractivity contribution in [3.05, 3.63) is 29.8 Å². The lowest BCUT2D eigenvalue weighted by Crippen LogP contribution is -2.16. The van der Waals surface area contributed by atoms with Crippen LogP contribution in [-0.2, 0) is 0 Å². The molecular formula is C9H4BF6O-. The van der Waals surface area contributed by atoms with E-state index in [2.05, 4.69) is 4.74 Å². The third-order valence-electron chi connectivity index (χ3n) is 1.47. The summed E-state index contributed by atoms with van der Waals surface area (Å²) in [5.74, 6) is 2.33. The first kappa shape index (κ1) is 13.3. The molecule has 0 aliphatic rings. The number of alkyl halides is 3. The van der Waals surface area contributed by atoms with Gasteiger partial charge in [0.25, 0.3) is 0 Å². The Morgan fingerprint density at radius 3 is 1.94 bits per heavy atom. The van der Waals surface area contributed by atoms with E-state index >= 15 is 0 Å². The van der Waals surface area contributed by atoms with Crippen LogP contribution in [0.3, 0.4) is 0 Å². The highest BCUT2D eigenvalue weighted by Gasteiger charge is 2.30. The molecule has 0 unspecified atom stereocenters. The average Bonchev–Trinajstić information content (AvgIpc) is 2.13. The molecule has 1 rings (SSSR count). The van der Waals surface area contributed by atoms with Crippen LogP contribution in [0.15, 0.2) is 24.3 Å². The van der Waals surface area contributed by atoms with Gasteiger partial charge in [-0.1, -0.05) is 0 Å². The summed E-state index contributed by atoms with van der Waals surface area (Å²) < 4.78 is 74.1. The van der Waals surface area contributed by atoms with Crippen LogP contribution in [-0.4, -0.2) is 13.3 Å². The molecule has 0 heterocycles. The van der Waals surface area contributed by atoms with Crippen LogP contribution in [0.4, 0.5) is 26.1 Å². The Morgan fingerprint density at radius 2 is 1.53 bits per heavy atom. The van der Waals surface area contributed by atoms with Gasteiger partial charge in [0.1, 0.15) is 5.75 Å². The highest BCUT2D eigenvalue weighted by Crippen LogP contribution is 2.22. The molecule has 92 valence electrons. The summed E-state index contributed by atoms with van der Waals surface area (Å²) in [4.78, 5) is 0. The van der Waals surface area contributed by atoms with Crippen molar-refractivity contribution in [2.24, 2.45) is 0 Å². The quantitative estimate of drug-likeness (QED) is 0.423. The van der Waals surface area contributed by atoms with Gasteiger partial charge in [0.15, 0.2) is 0 Å². The monoisotopic (exact) mass is 253 g/mol. The van der Waals surface area contributed by atoms with Gasteiger partial charge in [-0.15, -0.1) is 19.1 Å². The van der Waals surface area contributed by atoms with Crippen LogP contribution >= 0.6 is 0 Å². The second-order valence-corrected chi connectivity index (χ2v) is 2.92. The van der Waals surface area contributed by atoms with Crippen molar-refractivity contribution in [1.29, 1.82) is 0 Å². The summed E-state index contributed by atoms with van der Waals surface area (Å²) >= 11 is 0. The van der Waals surface area contributed by atoms with E-state index in [0.29, 0.717) is 0 Å². The second kappa shape index (κ2) is 4.61. The fourth-order valence-electron chi connectivity index (χ4n) is 0.905. The minimum absolute atomic E-state index is 0.0428. The first-order valence-corrected chi connectivity index (χ1v) is 4.24. The van der Waals surface area contributed by atoms with Crippen molar-refractivity contribution in [2.45, 2.75) is 6.36 Å². The molecule has 17 heavy (non-hydrogen) atoms.